The van der Waals surface area contributed by atoms with E-state index in [0.717, 1.165) is 6.07 Å². The number of esters is 1. The lowest BCUT2D eigenvalue weighted by atomic mass is 9.95. The number of hydrogen-bond acceptors (Lipinski definition) is 7. The average molecular weight is 322 g/mol. The van der Waals surface area contributed by atoms with Crippen molar-refractivity contribution in [3.05, 3.63) is 45.8 Å². The molecule has 0 amide bonds. The first-order valence-corrected chi connectivity index (χ1v) is 7.07. The molecule has 23 heavy (non-hydrogen) atoms. The highest BCUT2D eigenvalue weighted by molar-refractivity contribution is 5.71. The number of carbonyl (C=O) groups is 1. The normalized spacial score (nSPS) is 12.1. The number of nitrogens with zero attached hydrogens (tertiary/aromatic N) is 2. The summed E-state index contributed by atoms with van der Waals surface area (Å²) in [6, 6.07) is 1.00. The Balaban J connectivity index is 2.51. The Morgan fingerprint density at radius 3 is 2.83 bits per heavy atom. The molecule has 0 saturated carbocycles. The van der Waals surface area contributed by atoms with E-state index in [1.807, 2.05) is 0 Å². The van der Waals surface area contributed by atoms with Crippen molar-refractivity contribution < 1.29 is 24.2 Å². The predicted octanol–water partition coefficient (Wildman–Crippen LogP) is 0.656. The standard InChI is InChI=1S/C15H18N2O6/c1-3-22-13(20)5-11(9-6-16-17(2)7-9)15-14(21)12(19)4-10(8-18)23-15/h4,6-7,11,18,21H,3,5,8H2,1-2H3/t11-/m1/s1. The van der Waals surface area contributed by atoms with Crippen molar-refractivity contribution >= 4 is 5.97 Å². The maximum Gasteiger partial charge on any atom is 0.306 e. The molecule has 0 unspecified atom stereocenters. The Hall–Kier alpha value is -2.61. The number of hydrogen-bond donors (Lipinski definition) is 2. The number of aryl methyl sites for hydroxylation is 1. The van der Waals surface area contributed by atoms with Crippen molar-refractivity contribution in [1.29, 1.82) is 0 Å². The van der Waals surface area contributed by atoms with Crippen LogP contribution in [-0.4, -0.2) is 32.6 Å². The van der Waals surface area contributed by atoms with Crippen LogP contribution in [0.4, 0.5) is 0 Å². The Morgan fingerprint density at radius 1 is 1.52 bits per heavy atom. The Bertz CT molecular complexity index is 749. The van der Waals surface area contributed by atoms with Gasteiger partial charge in [-0.25, -0.2) is 0 Å². The molecule has 2 heterocycles. The number of aliphatic hydroxyl groups is 1. The number of carbonyl (C=O) groups excluding carboxylic acids is 1. The van der Waals surface area contributed by atoms with Gasteiger partial charge in [0.25, 0.3) is 0 Å². The highest BCUT2D eigenvalue weighted by atomic mass is 16.5. The van der Waals surface area contributed by atoms with Gasteiger partial charge in [0, 0.05) is 24.9 Å². The van der Waals surface area contributed by atoms with E-state index in [1.54, 1.807) is 20.2 Å². The van der Waals surface area contributed by atoms with Gasteiger partial charge in [-0.1, -0.05) is 0 Å². The Morgan fingerprint density at radius 2 is 2.26 bits per heavy atom. The molecule has 0 spiro atoms. The maximum absolute atomic E-state index is 11.9. The lowest BCUT2D eigenvalue weighted by molar-refractivity contribution is -0.143. The molecule has 0 bridgehead atoms. The van der Waals surface area contributed by atoms with Gasteiger partial charge in [-0.3, -0.25) is 14.3 Å². The van der Waals surface area contributed by atoms with Crippen LogP contribution in [0.5, 0.6) is 5.75 Å². The van der Waals surface area contributed by atoms with Crippen LogP contribution in [-0.2, 0) is 23.2 Å². The quantitative estimate of drug-likeness (QED) is 0.751. The fourth-order valence-electron chi connectivity index (χ4n) is 2.24. The molecule has 124 valence electrons. The largest absolute Gasteiger partial charge is 0.502 e. The molecule has 0 aliphatic carbocycles. The van der Waals surface area contributed by atoms with Crippen LogP contribution in [0.1, 0.15) is 36.3 Å². The molecule has 0 aliphatic heterocycles. The monoisotopic (exact) mass is 322 g/mol. The van der Waals surface area contributed by atoms with Crippen molar-refractivity contribution in [1.82, 2.24) is 9.78 Å². The van der Waals surface area contributed by atoms with Gasteiger partial charge >= 0.3 is 5.97 Å². The van der Waals surface area contributed by atoms with E-state index in [0.29, 0.717) is 5.56 Å². The summed E-state index contributed by atoms with van der Waals surface area (Å²) >= 11 is 0. The molecule has 0 radical (unpaired) electrons. The van der Waals surface area contributed by atoms with Gasteiger partial charge in [-0.05, 0) is 6.92 Å². The van der Waals surface area contributed by atoms with Crippen LogP contribution < -0.4 is 5.43 Å². The van der Waals surface area contributed by atoms with E-state index in [4.69, 9.17) is 9.15 Å². The van der Waals surface area contributed by atoms with E-state index in [9.17, 15) is 19.8 Å². The summed E-state index contributed by atoms with van der Waals surface area (Å²) in [5.74, 6) is -1.94. The first kappa shape index (κ1) is 16.8. The van der Waals surface area contributed by atoms with Crippen LogP contribution in [0, 0.1) is 0 Å². The predicted molar refractivity (Wildman–Crippen MR) is 78.9 cm³/mol. The summed E-state index contributed by atoms with van der Waals surface area (Å²) < 4.78 is 11.9. The van der Waals surface area contributed by atoms with Gasteiger partial charge in [0.05, 0.1) is 25.1 Å². The number of ether oxygens (including phenoxy) is 1. The summed E-state index contributed by atoms with van der Waals surface area (Å²) in [7, 11) is 1.70. The highest BCUT2D eigenvalue weighted by Gasteiger charge is 2.27. The SMILES string of the molecule is CCOC(=O)C[C@H](c1cnn(C)c1)c1oc(CO)cc(=O)c1O. The number of aromatic hydroxyl groups is 1. The zero-order chi connectivity index (χ0) is 17.0. The fraction of sp³-hybridized carbons (Fsp3) is 0.400. The highest BCUT2D eigenvalue weighted by Crippen LogP contribution is 2.33. The number of aromatic nitrogens is 2. The molecule has 8 nitrogen and oxygen atoms in total. The van der Waals surface area contributed by atoms with Crippen LogP contribution in [0.15, 0.2) is 27.7 Å². The molecular formula is C15H18N2O6. The minimum Gasteiger partial charge on any atom is -0.502 e. The van der Waals surface area contributed by atoms with E-state index in [-0.39, 0.29) is 24.5 Å². The van der Waals surface area contributed by atoms with Gasteiger partial charge in [0.2, 0.25) is 11.2 Å². The third-order valence-corrected chi connectivity index (χ3v) is 3.28. The minimum atomic E-state index is -0.748. The molecule has 1 atom stereocenters. The second kappa shape index (κ2) is 7.10. The number of rotatable bonds is 6. The molecule has 2 aromatic heterocycles. The molecule has 8 heteroatoms. The first-order chi connectivity index (χ1) is 11.0. The lowest BCUT2D eigenvalue weighted by Gasteiger charge is -2.15. The fourth-order valence-corrected chi connectivity index (χ4v) is 2.24. The summed E-state index contributed by atoms with van der Waals surface area (Å²) in [6.07, 6.45) is 3.02. The zero-order valence-corrected chi connectivity index (χ0v) is 12.9. The summed E-state index contributed by atoms with van der Waals surface area (Å²) in [6.45, 7) is 1.40. The van der Waals surface area contributed by atoms with Gasteiger partial charge in [-0.15, -0.1) is 0 Å². The Kier molecular flexibility index (Phi) is 5.17. The maximum atomic E-state index is 11.9. The zero-order valence-electron chi connectivity index (χ0n) is 12.9. The average Bonchev–Trinajstić information content (AvgIpc) is 2.94. The molecule has 0 saturated heterocycles. The second-order valence-corrected chi connectivity index (χ2v) is 4.96. The van der Waals surface area contributed by atoms with E-state index < -0.39 is 29.7 Å². The van der Waals surface area contributed by atoms with Gasteiger partial charge in [0.1, 0.15) is 12.4 Å². The van der Waals surface area contributed by atoms with Gasteiger partial charge in [-0.2, -0.15) is 5.10 Å². The molecule has 2 N–H and O–H groups in total. The van der Waals surface area contributed by atoms with Crippen LogP contribution in [0.25, 0.3) is 0 Å². The van der Waals surface area contributed by atoms with Crippen molar-refractivity contribution in [3.8, 4) is 5.75 Å². The summed E-state index contributed by atoms with van der Waals surface area (Å²) in [5.41, 5.74) is -0.109. The van der Waals surface area contributed by atoms with Gasteiger partial charge < -0.3 is 19.4 Å². The second-order valence-electron chi connectivity index (χ2n) is 4.96. The van der Waals surface area contributed by atoms with E-state index >= 15 is 0 Å². The molecule has 2 rings (SSSR count). The number of aliphatic hydroxyl groups excluding tert-OH is 1. The van der Waals surface area contributed by atoms with E-state index in [2.05, 4.69) is 5.10 Å². The van der Waals surface area contributed by atoms with Crippen molar-refractivity contribution in [2.24, 2.45) is 7.05 Å². The van der Waals surface area contributed by atoms with Crippen LogP contribution in [0.3, 0.4) is 0 Å². The Labute approximate surface area is 131 Å². The molecule has 0 aromatic carbocycles. The smallest absolute Gasteiger partial charge is 0.306 e. The molecule has 0 aliphatic rings. The van der Waals surface area contributed by atoms with Crippen molar-refractivity contribution in [2.45, 2.75) is 25.9 Å². The van der Waals surface area contributed by atoms with Crippen LogP contribution >= 0.6 is 0 Å². The lowest BCUT2D eigenvalue weighted by Crippen LogP contribution is -2.14. The first-order valence-electron chi connectivity index (χ1n) is 7.07. The topological polar surface area (TPSA) is 115 Å². The van der Waals surface area contributed by atoms with Crippen molar-refractivity contribution in [2.75, 3.05) is 6.61 Å². The molecule has 2 aromatic rings. The van der Waals surface area contributed by atoms with Gasteiger partial charge in [0.15, 0.2) is 5.76 Å². The third kappa shape index (κ3) is 3.78. The minimum absolute atomic E-state index is 0.000508. The molecular weight excluding hydrogens is 304 g/mol. The van der Waals surface area contributed by atoms with E-state index in [1.165, 1.54) is 10.9 Å². The third-order valence-electron chi connectivity index (χ3n) is 3.28. The molecule has 0 fully saturated rings. The summed E-state index contributed by atoms with van der Waals surface area (Å²) in [5, 5.41) is 23.2. The summed E-state index contributed by atoms with van der Waals surface area (Å²) in [4.78, 5) is 23.7. The van der Waals surface area contributed by atoms with Crippen molar-refractivity contribution in [3.63, 3.8) is 0 Å². The van der Waals surface area contributed by atoms with Crippen LogP contribution in [0.2, 0.25) is 0 Å².